The van der Waals surface area contributed by atoms with E-state index in [0.29, 0.717) is 12.0 Å². The van der Waals surface area contributed by atoms with Crippen molar-refractivity contribution in [3.05, 3.63) is 107 Å². The molecular formula is C27H23F2NO4S. The maximum Gasteiger partial charge on any atom is 0.341 e. The van der Waals surface area contributed by atoms with Gasteiger partial charge in [-0.25, -0.2) is 22.0 Å². The minimum absolute atomic E-state index is 0.0137. The lowest BCUT2D eigenvalue weighted by Gasteiger charge is -2.10. The standard InChI is InChI=1S/C27H23F2NO4S/c1-18-23(14-15-34-27(31)24-8-3-4-9-26(24)29)25(17-30(18)21-12-10-20(28)11-13-21)19-6-5-7-22(16-19)35(2,32)33/h3-13,16-17H,14-15H2,1-2H3. The summed E-state index contributed by atoms with van der Waals surface area (Å²) in [5.41, 5.74) is 3.64. The molecule has 4 aromatic rings. The molecule has 0 aliphatic rings. The summed E-state index contributed by atoms with van der Waals surface area (Å²) < 4.78 is 58.8. The number of sulfone groups is 1. The summed E-state index contributed by atoms with van der Waals surface area (Å²) >= 11 is 0. The van der Waals surface area contributed by atoms with E-state index < -0.39 is 21.6 Å². The third-order valence-corrected chi connectivity index (χ3v) is 6.85. The summed E-state index contributed by atoms with van der Waals surface area (Å²) in [6, 6.07) is 18.2. The predicted molar refractivity (Wildman–Crippen MR) is 129 cm³/mol. The number of nitrogens with zero attached hydrogens (tertiary/aromatic N) is 1. The van der Waals surface area contributed by atoms with Gasteiger partial charge < -0.3 is 9.30 Å². The van der Waals surface area contributed by atoms with E-state index in [-0.39, 0.29) is 22.9 Å². The van der Waals surface area contributed by atoms with Crippen LogP contribution < -0.4 is 0 Å². The molecule has 0 saturated carbocycles. The fourth-order valence-corrected chi connectivity index (χ4v) is 4.59. The number of hydrogen-bond acceptors (Lipinski definition) is 4. The molecule has 0 bridgehead atoms. The molecule has 0 saturated heterocycles. The van der Waals surface area contributed by atoms with Gasteiger partial charge in [0, 0.05) is 35.8 Å². The average molecular weight is 496 g/mol. The van der Waals surface area contributed by atoms with Crippen LogP contribution in [0.2, 0.25) is 0 Å². The molecule has 0 aliphatic heterocycles. The smallest absolute Gasteiger partial charge is 0.341 e. The van der Waals surface area contributed by atoms with Crippen molar-refractivity contribution in [1.29, 1.82) is 0 Å². The van der Waals surface area contributed by atoms with Crippen LogP contribution in [0.15, 0.2) is 83.9 Å². The van der Waals surface area contributed by atoms with Crippen LogP contribution in [0.5, 0.6) is 0 Å². The normalized spacial score (nSPS) is 11.4. The highest BCUT2D eigenvalue weighted by Gasteiger charge is 2.19. The molecule has 4 rings (SSSR count). The molecule has 0 spiro atoms. The first-order valence-electron chi connectivity index (χ1n) is 10.8. The van der Waals surface area contributed by atoms with Crippen molar-refractivity contribution in [2.45, 2.75) is 18.2 Å². The molecule has 0 N–H and O–H groups in total. The molecule has 35 heavy (non-hydrogen) atoms. The molecule has 3 aromatic carbocycles. The lowest BCUT2D eigenvalue weighted by Crippen LogP contribution is -2.10. The van der Waals surface area contributed by atoms with Crippen molar-refractivity contribution < 1.29 is 26.7 Å². The number of rotatable bonds is 7. The molecule has 1 heterocycles. The van der Waals surface area contributed by atoms with Crippen LogP contribution in [0.3, 0.4) is 0 Å². The number of halogens is 2. The van der Waals surface area contributed by atoms with Crippen LogP contribution in [0.1, 0.15) is 21.6 Å². The zero-order valence-corrected chi connectivity index (χ0v) is 20.0. The van der Waals surface area contributed by atoms with Gasteiger partial charge in [0.15, 0.2) is 9.84 Å². The molecule has 5 nitrogen and oxygen atoms in total. The minimum Gasteiger partial charge on any atom is -0.462 e. The highest BCUT2D eigenvalue weighted by atomic mass is 32.2. The zero-order valence-electron chi connectivity index (χ0n) is 19.2. The van der Waals surface area contributed by atoms with Crippen molar-refractivity contribution >= 4 is 15.8 Å². The summed E-state index contributed by atoms with van der Waals surface area (Å²) in [7, 11) is -3.42. The highest BCUT2D eigenvalue weighted by molar-refractivity contribution is 7.90. The van der Waals surface area contributed by atoms with E-state index >= 15 is 0 Å². The average Bonchev–Trinajstić information content (AvgIpc) is 3.15. The first-order chi connectivity index (χ1) is 16.6. The van der Waals surface area contributed by atoms with E-state index in [0.717, 1.165) is 28.8 Å². The SMILES string of the molecule is Cc1c(CCOC(=O)c2ccccc2F)c(-c2cccc(S(C)(=O)=O)c2)cn1-c1ccc(F)cc1. The summed E-state index contributed by atoms with van der Waals surface area (Å²) in [5, 5.41) is 0. The van der Waals surface area contributed by atoms with Gasteiger partial charge in [0.25, 0.3) is 0 Å². The van der Waals surface area contributed by atoms with Crippen LogP contribution in [-0.4, -0.2) is 31.8 Å². The van der Waals surface area contributed by atoms with Gasteiger partial charge in [-0.3, -0.25) is 0 Å². The van der Waals surface area contributed by atoms with Gasteiger partial charge in [0.1, 0.15) is 11.6 Å². The molecule has 0 radical (unpaired) electrons. The lowest BCUT2D eigenvalue weighted by molar-refractivity contribution is 0.0504. The zero-order chi connectivity index (χ0) is 25.2. The Balaban J connectivity index is 1.70. The Morgan fingerprint density at radius 1 is 0.971 bits per heavy atom. The van der Waals surface area contributed by atoms with E-state index in [4.69, 9.17) is 4.74 Å². The fraction of sp³-hybridized carbons (Fsp3) is 0.148. The predicted octanol–water partition coefficient (Wildman–Crippen LogP) is 5.53. The van der Waals surface area contributed by atoms with Crippen molar-refractivity contribution in [2.24, 2.45) is 0 Å². The number of carbonyl (C=O) groups excluding carboxylic acids is 1. The van der Waals surface area contributed by atoms with Crippen molar-refractivity contribution in [3.8, 4) is 16.8 Å². The maximum atomic E-state index is 13.9. The quantitative estimate of drug-likeness (QED) is 0.316. The number of ether oxygens (including phenoxy) is 1. The Morgan fingerprint density at radius 2 is 1.69 bits per heavy atom. The van der Waals surface area contributed by atoms with Gasteiger partial charge in [-0.15, -0.1) is 0 Å². The third kappa shape index (κ3) is 5.33. The topological polar surface area (TPSA) is 65.4 Å². The van der Waals surface area contributed by atoms with E-state index in [2.05, 4.69) is 0 Å². The van der Waals surface area contributed by atoms with E-state index in [1.165, 1.54) is 36.4 Å². The number of hydrogen-bond donors (Lipinski definition) is 0. The Morgan fingerprint density at radius 3 is 2.37 bits per heavy atom. The van der Waals surface area contributed by atoms with Crippen LogP contribution in [0.25, 0.3) is 16.8 Å². The summed E-state index contributed by atoms with van der Waals surface area (Å²) in [5.74, 6) is -1.78. The monoisotopic (exact) mass is 495 g/mol. The second-order valence-electron chi connectivity index (χ2n) is 8.12. The molecular weight excluding hydrogens is 472 g/mol. The maximum absolute atomic E-state index is 13.9. The van der Waals surface area contributed by atoms with Gasteiger partial charge in [0.05, 0.1) is 17.1 Å². The number of aromatic nitrogens is 1. The Kier molecular flexibility index (Phi) is 6.84. The molecule has 0 atom stereocenters. The fourth-order valence-electron chi connectivity index (χ4n) is 3.92. The minimum atomic E-state index is -3.42. The molecule has 180 valence electrons. The van der Waals surface area contributed by atoms with E-state index in [1.807, 2.05) is 17.7 Å². The lowest BCUT2D eigenvalue weighted by atomic mass is 10.0. The Labute approximate surface area is 202 Å². The van der Waals surface area contributed by atoms with Crippen LogP contribution in [0.4, 0.5) is 8.78 Å². The first kappa shape index (κ1) is 24.3. The molecule has 0 aliphatic carbocycles. The molecule has 0 fully saturated rings. The largest absolute Gasteiger partial charge is 0.462 e. The second-order valence-corrected chi connectivity index (χ2v) is 10.1. The first-order valence-corrected chi connectivity index (χ1v) is 12.7. The van der Waals surface area contributed by atoms with Gasteiger partial charge in [-0.05, 0) is 66.6 Å². The molecule has 8 heteroatoms. The Hall–Kier alpha value is -3.78. The highest BCUT2D eigenvalue weighted by Crippen LogP contribution is 2.32. The van der Waals surface area contributed by atoms with Crippen molar-refractivity contribution in [2.75, 3.05) is 12.9 Å². The molecule has 1 aromatic heterocycles. The Bertz CT molecular complexity index is 1490. The number of carbonyl (C=O) groups is 1. The van der Waals surface area contributed by atoms with Gasteiger partial charge >= 0.3 is 5.97 Å². The number of benzene rings is 3. The molecule has 0 amide bonds. The van der Waals surface area contributed by atoms with Crippen LogP contribution in [-0.2, 0) is 21.0 Å². The van der Waals surface area contributed by atoms with Crippen LogP contribution >= 0.6 is 0 Å². The third-order valence-electron chi connectivity index (χ3n) is 5.74. The summed E-state index contributed by atoms with van der Waals surface area (Å²) in [4.78, 5) is 12.5. The van der Waals surface area contributed by atoms with Crippen molar-refractivity contribution in [3.63, 3.8) is 0 Å². The van der Waals surface area contributed by atoms with E-state index in [1.54, 1.807) is 36.4 Å². The summed E-state index contributed by atoms with van der Waals surface area (Å²) in [6.45, 7) is 1.86. The van der Waals surface area contributed by atoms with Gasteiger partial charge in [0.2, 0.25) is 0 Å². The van der Waals surface area contributed by atoms with Gasteiger partial charge in [-0.1, -0.05) is 24.3 Å². The number of esters is 1. The van der Waals surface area contributed by atoms with E-state index in [9.17, 15) is 22.0 Å². The van der Waals surface area contributed by atoms with Gasteiger partial charge in [-0.2, -0.15) is 0 Å². The second kappa shape index (κ2) is 9.84. The van der Waals surface area contributed by atoms with Crippen LogP contribution in [0, 0.1) is 18.6 Å². The van der Waals surface area contributed by atoms with Crippen molar-refractivity contribution in [1.82, 2.24) is 4.57 Å². The summed E-state index contributed by atoms with van der Waals surface area (Å²) in [6.07, 6.45) is 3.29. The molecule has 0 unspecified atom stereocenters.